The number of hydrogen-bond donors (Lipinski definition) is 4. The van der Waals surface area contributed by atoms with E-state index in [0.29, 0.717) is 34.6 Å². The number of amidine groups is 1. The number of carboxylic acids is 1. The van der Waals surface area contributed by atoms with Crippen molar-refractivity contribution in [1.82, 2.24) is 20.6 Å². The first kappa shape index (κ1) is 21.2. The summed E-state index contributed by atoms with van der Waals surface area (Å²) < 4.78 is 0. The maximum Gasteiger partial charge on any atom is 0.337 e. The van der Waals surface area contributed by atoms with Crippen molar-refractivity contribution < 1.29 is 19.8 Å². The number of carbonyl (C=O) groups is 2. The van der Waals surface area contributed by atoms with Crippen LogP contribution in [0.2, 0.25) is 0 Å². The number of anilines is 1. The van der Waals surface area contributed by atoms with Crippen molar-refractivity contribution >= 4 is 39.9 Å². The van der Waals surface area contributed by atoms with Gasteiger partial charge in [-0.25, -0.2) is 14.8 Å². The predicted octanol–water partition coefficient (Wildman–Crippen LogP) is 3.08. The van der Waals surface area contributed by atoms with Gasteiger partial charge in [0.05, 0.1) is 18.2 Å². The zero-order valence-electron chi connectivity index (χ0n) is 17.0. The Morgan fingerprint density at radius 3 is 2.69 bits per heavy atom. The maximum absolute atomic E-state index is 12.1. The largest absolute Gasteiger partial charge is 0.508 e. The van der Waals surface area contributed by atoms with Crippen LogP contribution in [0.15, 0.2) is 53.5 Å². The van der Waals surface area contributed by atoms with E-state index in [1.54, 1.807) is 42.5 Å². The summed E-state index contributed by atoms with van der Waals surface area (Å²) in [5.41, 5.74) is 4.56. The number of para-hydroxylation sites is 1. The normalized spacial score (nSPS) is 16.7. The fourth-order valence-electron chi connectivity index (χ4n) is 3.34. The molecule has 1 aliphatic rings. The van der Waals surface area contributed by atoms with E-state index >= 15 is 0 Å². The molecule has 1 saturated heterocycles. The number of aromatic hydroxyl groups is 1. The van der Waals surface area contributed by atoms with Gasteiger partial charge in [-0.15, -0.1) is 10.2 Å². The molecule has 32 heavy (non-hydrogen) atoms. The van der Waals surface area contributed by atoms with Crippen LogP contribution in [0.25, 0.3) is 0 Å². The van der Waals surface area contributed by atoms with Gasteiger partial charge >= 0.3 is 5.97 Å². The summed E-state index contributed by atoms with van der Waals surface area (Å²) in [5.74, 6) is -0.440. The Balaban J connectivity index is 1.46. The van der Waals surface area contributed by atoms with Crippen LogP contribution < -0.4 is 10.7 Å². The van der Waals surface area contributed by atoms with Crippen LogP contribution >= 0.6 is 11.3 Å². The highest BCUT2D eigenvalue weighted by atomic mass is 32.1. The van der Waals surface area contributed by atoms with E-state index in [0.717, 1.165) is 5.56 Å². The molecule has 4 N–H and O–H groups in total. The second-order valence-corrected chi connectivity index (χ2v) is 8.09. The van der Waals surface area contributed by atoms with Gasteiger partial charge in [-0.1, -0.05) is 35.6 Å². The van der Waals surface area contributed by atoms with Crippen LogP contribution in [0, 0.1) is 0 Å². The van der Waals surface area contributed by atoms with Gasteiger partial charge < -0.3 is 15.5 Å². The first-order valence-corrected chi connectivity index (χ1v) is 10.5. The number of phenolic OH excluding ortho intramolecular Hbond substituents is 1. The van der Waals surface area contributed by atoms with Crippen LogP contribution in [-0.4, -0.2) is 43.1 Å². The van der Waals surface area contributed by atoms with Crippen molar-refractivity contribution in [3.8, 4) is 5.75 Å². The van der Waals surface area contributed by atoms with Crippen LogP contribution in [0.1, 0.15) is 40.3 Å². The van der Waals surface area contributed by atoms with Crippen molar-refractivity contribution in [2.45, 2.75) is 25.9 Å². The molecule has 0 aliphatic carbocycles. The first-order chi connectivity index (χ1) is 15.4. The maximum atomic E-state index is 12.1. The Morgan fingerprint density at radius 1 is 1.22 bits per heavy atom. The molecule has 2 aromatic carbocycles. The molecule has 0 bridgehead atoms. The molecule has 0 saturated carbocycles. The number of aromatic nitrogens is 2. The monoisotopic (exact) mass is 452 g/mol. The second-order valence-electron chi connectivity index (χ2n) is 7.05. The third-order valence-electron chi connectivity index (χ3n) is 4.84. The third kappa shape index (κ3) is 4.67. The van der Waals surface area contributed by atoms with E-state index in [-0.39, 0.29) is 23.3 Å². The topological polar surface area (TPSA) is 140 Å². The lowest BCUT2D eigenvalue weighted by Gasteiger charge is -2.22. The lowest BCUT2D eigenvalue weighted by molar-refractivity contribution is -0.132. The number of rotatable bonds is 6. The fourth-order valence-corrected chi connectivity index (χ4v) is 4.01. The van der Waals surface area contributed by atoms with Gasteiger partial charge in [0.25, 0.3) is 0 Å². The number of aromatic carboxylic acids is 1. The number of aliphatic imine (C=N–C) groups is 1. The molecule has 1 aliphatic heterocycles. The second kappa shape index (κ2) is 9.02. The molecule has 10 nitrogen and oxygen atoms in total. The zero-order chi connectivity index (χ0) is 22.7. The minimum atomic E-state index is -1.01. The van der Waals surface area contributed by atoms with Crippen molar-refractivity contribution in [1.29, 1.82) is 0 Å². The lowest BCUT2D eigenvalue weighted by atomic mass is 10.0. The molecule has 4 rings (SSSR count). The number of nitrogens with one attached hydrogen (secondary N) is 2. The SMILES string of the molecule is CC(=O)N1N/C(=N\c2nnc(CNc3ccccc3C(=O)O)s2)CC1c1ccc(O)cc1. The Labute approximate surface area is 187 Å². The number of phenols is 1. The first-order valence-electron chi connectivity index (χ1n) is 9.72. The minimum absolute atomic E-state index is 0.156. The molecule has 1 amide bonds. The third-order valence-corrected chi connectivity index (χ3v) is 5.66. The molecule has 1 fully saturated rings. The number of carbonyl (C=O) groups excluding carboxylic acids is 1. The quantitative estimate of drug-likeness (QED) is 0.447. The van der Waals surface area contributed by atoms with Crippen LogP contribution in [0.4, 0.5) is 10.8 Å². The average Bonchev–Trinajstić information content (AvgIpc) is 3.40. The summed E-state index contributed by atoms with van der Waals surface area (Å²) in [7, 11) is 0. The molecule has 1 atom stereocenters. The summed E-state index contributed by atoms with van der Waals surface area (Å²) in [6.45, 7) is 1.77. The lowest BCUT2D eigenvalue weighted by Crippen LogP contribution is -2.38. The molecule has 0 spiro atoms. The summed E-state index contributed by atoms with van der Waals surface area (Å²) in [6, 6.07) is 13.1. The number of hydrazine groups is 1. The van der Waals surface area contributed by atoms with Crippen LogP contribution in [0.5, 0.6) is 5.75 Å². The zero-order valence-corrected chi connectivity index (χ0v) is 17.8. The highest BCUT2D eigenvalue weighted by Gasteiger charge is 2.32. The van der Waals surface area contributed by atoms with Crippen molar-refractivity contribution in [3.05, 3.63) is 64.7 Å². The smallest absolute Gasteiger partial charge is 0.337 e. The number of amides is 1. The molecule has 1 aromatic heterocycles. The molecule has 2 heterocycles. The average molecular weight is 452 g/mol. The van der Waals surface area contributed by atoms with Crippen LogP contribution in [0.3, 0.4) is 0 Å². The molecular formula is C21H20N6O4S. The van der Waals surface area contributed by atoms with E-state index in [9.17, 15) is 19.8 Å². The molecule has 1 unspecified atom stereocenters. The van der Waals surface area contributed by atoms with Crippen molar-refractivity contribution in [2.75, 3.05) is 5.32 Å². The van der Waals surface area contributed by atoms with Crippen molar-refractivity contribution in [3.63, 3.8) is 0 Å². The number of carboxylic acid groups (broad SMARTS) is 1. The Hall–Kier alpha value is -3.99. The Morgan fingerprint density at radius 2 is 1.97 bits per heavy atom. The van der Waals surface area contributed by atoms with E-state index in [1.165, 1.54) is 29.3 Å². The number of nitrogens with zero attached hydrogens (tertiary/aromatic N) is 4. The van der Waals surface area contributed by atoms with Gasteiger partial charge in [-0.3, -0.25) is 10.2 Å². The van der Waals surface area contributed by atoms with E-state index in [2.05, 4.69) is 25.9 Å². The number of benzene rings is 2. The van der Waals surface area contributed by atoms with Gasteiger partial charge in [0.1, 0.15) is 16.6 Å². The Kier molecular flexibility index (Phi) is 5.99. The standard InChI is InChI=1S/C21H20N6O4S/c1-12(28)27-17(13-6-8-14(29)9-7-13)10-18(26-27)23-21-25-24-19(32-21)11-22-16-5-3-2-4-15(16)20(30)31/h2-9,17,22,29H,10-11H2,1H3,(H,30,31)(H,23,25,26). The van der Waals surface area contributed by atoms with Gasteiger partial charge in [-0.2, -0.15) is 0 Å². The van der Waals surface area contributed by atoms with Gasteiger partial charge in [-0.05, 0) is 29.8 Å². The van der Waals surface area contributed by atoms with E-state index < -0.39 is 5.97 Å². The van der Waals surface area contributed by atoms with Crippen molar-refractivity contribution in [2.24, 2.45) is 4.99 Å². The summed E-state index contributed by atoms with van der Waals surface area (Å²) in [5, 5.41) is 32.6. The summed E-state index contributed by atoms with van der Waals surface area (Å²) in [6.07, 6.45) is 0.462. The predicted molar refractivity (Wildman–Crippen MR) is 119 cm³/mol. The highest BCUT2D eigenvalue weighted by Crippen LogP contribution is 2.31. The number of hydrogen-bond acceptors (Lipinski definition) is 8. The minimum Gasteiger partial charge on any atom is -0.508 e. The molecule has 0 radical (unpaired) electrons. The highest BCUT2D eigenvalue weighted by molar-refractivity contribution is 7.15. The summed E-state index contributed by atoms with van der Waals surface area (Å²) in [4.78, 5) is 27.9. The van der Waals surface area contributed by atoms with Gasteiger partial charge in [0.15, 0.2) is 0 Å². The molecule has 3 aromatic rings. The molecule has 164 valence electrons. The van der Waals surface area contributed by atoms with E-state index in [4.69, 9.17) is 0 Å². The van der Waals surface area contributed by atoms with Gasteiger partial charge in [0, 0.05) is 19.0 Å². The van der Waals surface area contributed by atoms with Gasteiger partial charge in [0.2, 0.25) is 11.0 Å². The molecular weight excluding hydrogens is 432 g/mol. The molecule has 11 heteroatoms. The summed E-state index contributed by atoms with van der Waals surface area (Å²) >= 11 is 1.27. The van der Waals surface area contributed by atoms with E-state index in [1.807, 2.05) is 0 Å². The fraction of sp³-hybridized carbons (Fsp3) is 0.190. The Bertz CT molecular complexity index is 1180. The van der Waals surface area contributed by atoms with Crippen LogP contribution in [-0.2, 0) is 11.3 Å².